The number of nitrogens with one attached hydrogen (secondary N) is 1. The number of aromatic nitrogens is 4. The molecule has 0 radical (unpaired) electrons. The minimum atomic E-state index is -0.319. The third kappa shape index (κ3) is 4.00. The van der Waals surface area contributed by atoms with Gasteiger partial charge in [-0.1, -0.05) is 24.3 Å². The van der Waals surface area contributed by atoms with Crippen LogP contribution in [0, 0.1) is 13.8 Å². The Hall–Kier alpha value is -2.80. The van der Waals surface area contributed by atoms with Crippen molar-refractivity contribution in [2.45, 2.75) is 33.9 Å². The zero-order valence-corrected chi connectivity index (χ0v) is 14.6. The Bertz CT molecular complexity index is 886. The number of amides is 1. The molecule has 0 unspecified atom stereocenters. The zero-order valence-electron chi connectivity index (χ0n) is 14.6. The van der Waals surface area contributed by atoms with E-state index in [1.165, 1.54) is 0 Å². The molecule has 0 spiro atoms. The van der Waals surface area contributed by atoms with Crippen LogP contribution in [0.25, 0.3) is 5.78 Å². The number of hydrogen-bond donors (Lipinski definition) is 1. The molecule has 0 atom stereocenters. The number of fused-ring (bicyclic) bond motifs is 1. The molecule has 0 saturated carbocycles. The summed E-state index contributed by atoms with van der Waals surface area (Å²) in [6.07, 6.45) is 0. The highest BCUT2D eigenvalue weighted by Gasteiger charge is 2.14. The van der Waals surface area contributed by atoms with Gasteiger partial charge in [0.2, 0.25) is 5.82 Å². The Balaban J connectivity index is 1.65. The van der Waals surface area contributed by atoms with Gasteiger partial charge in [-0.25, -0.2) is 9.50 Å². The summed E-state index contributed by atoms with van der Waals surface area (Å²) in [7, 11) is 0. The Morgan fingerprint density at radius 2 is 1.88 bits per heavy atom. The molecule has 0 aliphatic carbocycles. The fourth-order valence-electron chi connectivity index (χ4n) is 2.50. The van der Waals surface area contributed by atoms with E-state index in [1.54, 1.807) is 4.52 Å². The van der Waals surface area contributed by atoms with Gasteiger partial charge in [0.25, 0.3) is 11.7 Å². The highest BCUT2D eigenvalue weighted by molar-refractivity contribution is 5.90. The van der Waals surface area contributed by atoms with Crippen LogP contribution in [0.4, 0.5) is 0 Å². The number of hydrogen-bond acceptors (Lipinski definition) is 5. The predicted octanol–water partition coefficient (Wildman–Crippen LogP) is 2.21. The lowest BCUT2D eigenvalue weighted by Gasteiger charge is -2.05. The number of carbonyl (C=O) groups excluding carboxylic acids is 1. The van der Waals surface area contributed by atoms with Crippen molar-refractivity contribution < 1.29 is 9.53 Å². The lowest BCUT2D eigenvalue weighted by molar-refractivity contribution is 0.0940. The van der Waals surface area contributed by atoms with Crippen molar-refractivity contribution in [3.8, 4) is 0 Å². The normalized spacial score (nSPS) is 11.0. The first-order valence-electron chi connectivity index (χ1n) is 8.21. The molecule has 2 heterocycles. The maximum Gasteiger partial charge on any atom is 0.291 e. The smallest absolute Gasteiger partial charge is 0.291 e. The van der Waals surface area contributed by atoms with Crippen LogP contribution in [0.3, 0.4) is 0 Å². The third-order valence-corrected chi connectivity index (χ3v) is 3.77. The molecule has 1 amide bonds. The molecule has 0 bridgehead atoms. The summed E-state index contributed by atoms with van der Waals surface area (Å²) in [6, 6.07) is 9.83. The van der Waals surface area contributed by atoms with Crippen molar-refractivity contribution >= 4 is 11.7 Å². The monoisotopic (exact) mass is 339 g/mol. The lowest BCUT2D eigenvalue weighted by atomic mass is 10.1. The van der Waals surface area contributed by atoms with E-state index in [9.17, 15) is 4.79 Å². The van der Waals surface area contributed by atoms with Crippen LogP contribution in [0.15, 0.2) is 30.3 Å². The molecular weight excluding hydrogens is 318 g/mol. The average molecular weight is 339 g/mol. The number of ether oxygens (including phenoxy) is 1. The van der Waals surface area contributed by atoms with Crippen molar-refractivity contribution in [2.24, 2.45) is 0 Å². The van der Waals surface area contributed by atoms with E-state index in [4.69, 9.17) is 4.74 Å². The fraction of sp³-hybridized carbons (Fsp3) is 0.333. The van der Waals surface area contributed by atoms with E-state index < -0.39 is 0 Å². The van der Waals surface area contributed by atoms with Crippen molar-refractivity contribution in [3.05, 3.63) is 58.7 Å². The van der Waals surface area contributed by atoms with E-state index in [2.05, 4.69) is 20.4 Å². The minimum absolute atomic E-state index is 0.120. The van der Waals surface area contributed by atoms with Gasteiger partial charge in [-0.15, -0.1) is 5.10 Å². The van der Waals surface area contributed by atoms with Crippen molar-refractivity contribution in [1.29, 1.82) is 0 Å². The first-order valence-corrected chi connectivity index (χ1v) is 8.21. The van der Waals surface area contributed by atoms with Crippen LogP contribution in [0.2, 0.25) is 0 Å². The number of rotatable bonds is 6. The fourth-order valence-corrected chi connectivity index (χ4v) is 2.50. The molecule has 130 valence electrons. The molecular formula is C18H21N5O2. The second kappa shape index (κ2) is 7.40. The standard InChI is InChI=1S/C18H21N5O2/c1-4-25-11-15-7-5-14(6-8-15)10-19-17(24)16-21-18-20-12(2)9-13(3)23(18)22-16/h5-9H,4,10-11H2,1-3H3,(H,19,24). The maximum absolute atomic E-state index is 12.3. The second-order valence-electron chi connectivity index (χ2n) is 5.82. The second-order valence-corrected chi connectivity index (χ2v) is 5.82. The number of nitrogens with zero attached hydrogens (tertiary/aromatic N) is 4. The molecule has 25 heavy (non-hydrogen) atoms. The van der Waals surface area contributed by atoms with Crippen LogP contribution >= 0.6 is 0 Å². The van der Waals surface area contributed by atoms with Crippen molar-refractivity contribution in [3.63, 3.8) is 0 Å². The van der Waals surface area contributed by atoms with Crippen LogP contribution in [-0.2, 0) is 17.9 Å². The van der Waals surface area contributed by atoms with Crippen LogP contribution < -0.4 is 5.32 Å². The van der Waals surface area contributed by atoms with Gasteiger partial charge >= 0.3 is 0 Å². The Labute approximate surface area is 146 Å². The first kappa shape index (κ1) is 17.0. The molecule has 7 nitrogen and oxygen atoms in total. The van der Waals surface area contributed by atoms with Gasteiger partial charge in [0, 0.05) is 24.5 Å². The molecule has 1 aromatic carbocycles. The Morgan fingerprint density at radius 3 is 2.60 bits per heavy atom. The van der Waals surface area contributed by atoms with Crippen LogP contribution in [0.5, 0.6) is 0 Å². The third-order valence-electron chi connectivity index (χ3n) is 3.77. The predicted molar refractivity (Wildman–Crippen MR) is 93.2 cm³/mol. The summed E-state index contributed by atoms with van der Waals surface area (Å²) < 4.78 is 6.94. The summed E-state index contributed by atoms with van der Waals surface area (Å²) in [6.45, 7) is 7.46. The van der Waals surface area contributed by atoms with E-state index in [0.717, 1.165) is 22.5 Å². The topological polar surface area (TPSA) is 81.4 Å². The highest BCUT2D eigenvalue weighted by Crippen LogP contribution is 2.07. The molecule has 1 N–H and O–H groups in total. The zero-order chi connectivity index (χ0) is 17.8. The van der Waals surface area contributed by atoms with E-state index in [0.29, 0.717) is 25.5 Å². The molecule has 0 saturated heterocycles. The van der Waals surface area contributed by atoms with Gasteiger partial charge in [0.1, 0.15) is 0 Å². The van der Waals surface area contributed by atoms with Crippen LogP contribution in [0.1, 0.15) is 40.1 Å². The van der Waals surface area contributed by atoms with Gasteiger partial charge in [0.05, 0.1) is 6.61 Å². The molecule has 2 aromatic heterocycles. The van der Waals surface area contributed by atoms with Crippen molar-refractivity contribution in [1.82, 2.24) is 24.9 Å². The molecule has 0 fully saturated rings. The maximum atomic E-state index is 12.3. The summed E-state index contributed by atoms with van der Waals surface area (Å²) in [4.78, 5) is 20.8. The molecule has 7 heteroatoms. The number of aryl methyl sites for hydroxylation is 2. The summed E-state index contributed by atoms with van der Waals surface area (Å²) in [5.41, 5.74) is 3.84. The average Bonchev–Trinajstić information content (AvgIpc) is 3.03. The van der Waals surface area contributed by atoms with Crippen LogP contribution in [-0.4, -0.2) is 32.1 Å². The molecule has 3 rings (SSSR count). The quantitative estimate of drug-likeness (QED) is 0.744. The summed E-state index contributed by atoms with van der Waals surface area (Å²) >= 11 is 0. The van der Waals surface area contributed by atoms with Gasteiger partial charge in [-0.2, -0.15) is 4.98 Å². The Morgan fingerprint density at radius 1 is 1.16 bits per heavy atom. The number of benzene rings is 1. The molecule has 3 aromatic rings. The SMILES string of the molecule is CCOCc1ccc(CNC(=O)c2nc3nc(C)cc(C)n3n2)cc1. The minimum Gasteiger partial charge on any atom is -0.377 e. The molecule has 0 aliphatic rings. The van der Waals surface area contributed by atoms with E-state index >= 15 is 0 Å². The van der Waals surface area contributed by atoms with E-state index in [1.807, 2.05) is 51.1 Å². The van der Waals surface area contributed by atoms with Gasteiger partial charge in [-0.3, -0.25) is 4.79 Å². The largest absolute Gasteiger partial charge is 0.377 e. The van der Waals surface area contributed by atoms with Gasteiger partial charge in [-0.05, 0) is 38.0 Å². The summed E-state index contributed by atoms with van der Waals surface area (Å²) in [5.74, 6) is 0.234. The highest BCUT2D eigenvalue weighted by atomic mass is 16.5. The Kier molecular flexibility index (Phi) is 5.04. The molecule has 0 aliphatic heterocycles. The van der Waals surface area contributed by atoms with Crippen molar-refractivity contribution in [2.75, 3.05) is 6.61 Å². The van der Waals surface area contributed by atoms with Gasteiger partial charge in [0.15, 0.2) is 0 Å². The lowest BCUT2D eigenvalue weighted by Crippen LogP contribution is -2.24. The van der Waals surface area contributed by atoms with Gasteiger partial charge < -0.3 is 10.1 Å². The van der Waals surface area contributed by atoms with E-state index in [-0.39, 0.29) is 11.7 Å². The number of carbonyl (C=O) groups is 1. The first-order chi connectivity index (χ1) is 12.1. The summed E-state index contributed by atoms with van der Waals surface area (Å²) in [5, 5.41) is 7.06.